The molecule has 0 aliphatic heterocycles. The fraction of sp³-hybridized carbons (Fsp3) is 0.212. The molecule has 0 radical (unpaired) electrons. The Bertz CT molecular complexity index is 1590. The van der Waals surface area contributed by atoms with Gasteiger partial charge in [0.1, 0.15) is 13.2 Å². The van der Waals surface area contributed by atoms with Crippen molar-refractivity contribution in [3.05, 3.63) is 114 Å². The molecule has 5 aromatic rings. The molecule has 0 bridgehead atoms. The average Bonchev–Trinajstić information content (AvgIpc) is 3.50. The third-order valence-electron chi connectivity index (χ3n) is 6.67. The first-order chi connectivity index (χ1) is 20.2. The van der Waals surface area contributed by atoms with Gasteiger partial charge in [0, 0.05) is 17.7 Å². The van der Waals surface area contributed by atoms with E-state index in [1.165, 1.54) is 7.11 Å². The maximum atomic E-state index is 12.8. The van der Waals surface area contributed by atoms with Crippen LogP contribution in [0.1, 0.15) is 41.3 Å². The number of unbranched alkanes of at least 4 members (excludes halogenated alkanes) is 1. The van der Waals surface area contributed by atoms with E-state index < -0.39 is 5.97 Å². The second-order valence-electron chi connectivity index (χ2n) is 9.51. The van der Waals surface area contributed by atoms with Crippen molar-refractivity contribution in [3.63, 3.8) is 0 Å². The molecule has 0 amide bonds. The molecule has 0 N–H and O–H groups in total. The van der Waals surface area contributed by atoms with Gasteiger partial charge in [0.25, 0.3) is 0 Å². The molecule has 5 rings (SSSR count). The summed E-state index contributed by atoms with van der Waals surface area (Å²) in [5.41, 5.74) is 4.69. The summed E-state index contributed by atoms with van der Waals surface area (Å²) in [6.07, 6.45) is 1.89. The number of ether oxygens (including phenoxy) is 3. The Kier molecular flexibility index (Phi) is 9.01. The van der Waals surface area contributed by atoms with Crippen molar-refractivity contribution in [2.45, 2.75) is 39.5 Å². The van der Waals surface area contributed by atoms with Crippen LogP contribution in [0.4, 0.5) is 0 Å². The van der Waals surface area contributed by atoms with Gasteiger partial charge < -0.3 is 14.2 Å². The maximum Gasteiger partial charge on any atom is 0.338 e. The fourth-order valence-electron chi connectivity index (χ4n) is 4.51. The molecule has 0 saturated heterocycles. The Hall–Kier alpha value is -4.98. The zero-order valence-corrected chi connectivity index (χ0v) is 23.2. The fourth-order valence-corrected chi connectivity index (χ4v) is 4.51. The summed E-state index contributed by atoms with van der Waals surface area (Å²) >= 11 is 0. The monoisotopic (exact) mass is 548 g/mol. The Balaban J connectivity index is 1.58. The third kappa shape index (κ3) is 6.61. The number of para-hydroxylation sites is 1. The van der Waals surface area contributed by atoms with Gasteiger partial charge >= 0.3 is 5.97 Å². The lowest BCUT2D eigenvalue weighted by atomic mass is 9.97. The van der Waals surface area contributed by atoms with Gasteiger partial charge in [0.05, 0.1) is 12.7 Å². The Morgan fingerprint density at radius 2 is 1.51 bits per heavy atom. The van der Waals surface area contributed by atoms with Crippen molar-refractivity contribution in [1.82, 2.24) is 20.2 Å². The highest BCUT2D eigenvalue weighted by Gasteiger charge is 2.22. The highest BCUT2D eigenvalue weighted by atomic mass is 16.5. The molecule has 4 aromatic carbocycles. The highest BCUT2D eigenvalue weighted by Crippen LogP contribution is 2.41. The van der Waals surface area contributed by atoms with Crippen molar-refractivity contribution >= 4 is 5.97 Å². The minimum Gasteiger partial charge on any atom is -0.485 e. The predicted molar refractivity (Wildman–Crippen MR) is 156 cm³/mol. The third-order valence-corrected chi connectivity index (χ3v) is 6.67. The molecule has 0 aliphatic carbocycles. The maximum absolute atomic E-state index is 12.8. The summed E-state index contributed by atoms with van der Waals surface area (Å²) in [6.45, 7) is 3.50. The number of carbonyl (C=O) groups excluding carboxylic acids is 1. The SMILES string of the molecule is CCCCn1nnnc1-c1cc(-c2cccc(OCc3ccccc3)c2OCc2ccccc2)ccc1C(=O)OC. The zero-order valence-electron chi connectivity index (χ0n) is 23.2. The number of carbonyl (C=O) groups is 1. The van der Waals surface area contributed by atoms with E-state index in [2.05, 4.69) is 22.4 Å². The molecule has 0 fully saturated rings. The molecule has 208 valence electrons. The lowest BCUT2D eigenvalue weighted by Gasteiger charge is -2.18. The van der Waals surface area contributed by atoms with Crippen molar-refractivity contribution in [2.24, 2.45) is 0 Å². The molecule has 0 unspecified atom stereocenters. The number of tetrazole rings is 1. The van der Waals surface area contributed by atoms with Gasteiger partial charge in [0.2, 0.25) is 0 Å². The molecule has 0 saturated carbocycles. The number of esters is 1. The van der Waals surface area contributed by atoms with Crippen molar-refractivity contribution in [3.8, 4) is 34.0 Å². The largest absolute Gasteiger partial charge is 0.485 e. The van der Waals surface area contributed by atoms with E-state index in [-0.39, 0.29) is 0 Å². The molecule has 1 aromatic heterocycles. The summed E-state index contributed by atoms with van der Waals surface area (Å²) in [7, 11) is 1.36. The number of methoxy groups -OCH3 is 1. The van der Waals surface area contributed by atoms with E-state index in [4.69, 9.17) is 14.2 Å². The van der Waals surface area contributed by atoms with Gasteiger partial charge in [0.15, 0.2) is 17.3 Å². The molecule has 8 nitrogen and oxygen atoms in total. The predicted octanol–water partition coefficient (Wildman–Crippen LogP) is 6.75. The molecule has 8 heteroatoms. The van der Waals surface area contributed by atoms with E-state index in [1.54, 1.807) is 10.7 Å². The second-order valence-corrected chi connectivity index (χ2v) is 9.51. The smallest absolute Gasteiger partial charge is 0.338 e. The van der Waals surface area contributed by atoms with Crippen LogP contribution in [0, 0.1) is 0 Å². The van der Waals surface area contributed by atoms with E-state index in [1.807, 2.05) is 91.0 Å². The number of aryl methyl sites for hydroxylation is 1. The van der Waals surface area contributed by atoms with E-state index in [9.17, 15) is 4.79 Å². The minimum atomic E-state index is -0.461. The van der Waals surface area contributed by atoms with Crippen LogP contribution >= 0.6 is 0 Å². The number of nitrogens with zero attached hydrogens (tertiary/aromatic N) is 4. The van der Waals surface area contributed by atoms with Gasteiger partial charge in [-0.15, -0.1) is 5.10 Å². The van der Waals surface area contributed by atoms with Crippen LogP contribution in [0.25, 0.3) is 22.5 Å². The minimum absolute atomic E-state index is 0.363. The number of hydrogen-bond donors (Lipinski definition) is 0. The average molecular weight is 549 g/mol. The Labute approximate surface area is 239 Å². The van der Waals surface area contributed by atoms with Crippen LogP contribution in [-0.2, 0) is 24.5 Å². The quantitative estimate of drug-likeness (QED) is 0.159. The Morgan fingerprint density at radius 1 is 0.805 bits per heavy atom. The van der Waals surface area contributed by atoms with E-state index in [0.29, 0.717) is 48.2 Å². The number of aromatic nitrogens is 4. The van der Waals surface area contributed by atoms with Crippen molar-refractivity contribution in [1.29, 1.82) is 0 Å². The molecular formula is C33H32N4O4. The molecule has 0 atom stereocenters. The highest BCUT2D eigenvalue weighted by molar-refractivity contribution is 5.97. The molecule has 0 aliphatic rings. The lowest BCUT2D eigenvalue weighted by Crippen LogP contribution is -2.08. The standard InChI is InChI=1S/C33H32N4O4/c1-3-4-20-37-32(34-35-36-37)29-21-26(18-19-28(29)33(38)39-2)27-16-11-17-30(40-22-24-12-7-5-8-13-24)31(27)41-23-25-14-9-6-10-15-25/h5-19,21H,3-4,20,22-23H2,1-2H3. The number of hydrogen-bond acceptors (Lipinski definition) is 7. The summed E-state index contributed by atoms with van der Waals surface area (Å²) in [5, 5.41) is 12.3. The van der Waals surface area contributed by atoms with Crippen LogP contribution in [0.5, 0.6) is 11.5 Å². The summed E-state index contributed by atoms with van der Waals surface area (Å²) in [6, 6.07) is 31.3. The first-order valence-corrected chi connectivity index (χ1v) is 13.6. The summed E-state index contributed by atoms with van der Waals surface area (Å²) in [4.78, 5) is 12.8. The summed E-state index contributed by atoms with van der Waals surface area (Å²) in [5.74, 6) is 1.27. The molecule has 41 heavy (non-hydrogen) atoms. The van der Waals surface area contributed by atoms with Gasteiger partial charge in [-0.05, 0) is 51.7 Å². The Morgan fingerprint density at radius 3 is 2.20 bits per heavy atom. The van der Waals surface area contributed by atoms with Crippen molar-refractivity contribution in [2.75, 3.05) is 7.11 Å². The van der Waals surface area contributed by atoms with Gasteiger partial charge in [-0.3, -0.25) is 0 Å². The van der Waals surface area contributed by atoms with Crippen LogP contribution < -0.4 is 9.47 Å². The molecule has 0 spiro atoms. The van der Waals surface area contributed by atoms with Gasteiger partial charge in [-0.2, -0.15) is 0 Å². The van der Waals surface area contributed by atoms with Crippen LogP contribution in [-0.4, -0.2) is 33.3 Å². The van der Waals surface area contributed by atoms with E-state index >= 15 is 0 Å². The van der Waals surface area contributed by atoms with E-state index in [0.717, 1.165) is 35.1 Å². The lowest BCUT2D eigenvalue weighted by molar-refractivity contribution is 0.0601. The normalized spacial score (nSPS) is 10.8. The first-order valence-electron chi connectivity index (χ1n) is 13.6. The topological polar surface area (TPSA) is 88.4 Å². The molecular weight excluding hydrogens is 516 g/mol. The number of benzene rings is 4. The van der Waals surface area contributed by atoms with Crippen LogP contribution in [0.15, 0.2) is 97.1 Å². The first kappa shape index (κ1) is 27.6. The number of rotatable bonds is 12. The summed E-state index contributed by atoms with van der Waals surface area (Å²) < 4.78 is 19.5. The molecule has 1 heterocycles. The van der Waals surface area contributed by atoms with Gasteiger partial charge in [-0.25, -0.2) is 9.48 Å². The van der Waals surface area contributed by atoms with Crippen LogP contribution in [0.3, 0.4) is 0 Å². The zero-order chi connectivity index (χ0) is 28.4. The van der Waals surface area contributed by atoms with Crippen molar-refractivity contribution < 1.29 is 19.0 Å². The van der Waals surface area contributed by atoms with Gasteiger partial charge in [-0.1, -0.05) is 92.2 Å². The van der Waals surface area contributed by atoms with Crippen LogP contribution in [0.2, 0.25) is 0 Å². The second kappa shape index (κ2) is 13.4.